The average molecular weight is 337 g/mol. The van der Waals surface area contributed by atoms with Crippen LogP contribution in [-0.4, -0.2) is 18.3 Å². The number of hydrogen-bond acceptors (Lipinski definition) is 4. The van der Waals surface area contributed by atoms with Crippen molar-refractivity contribution >= 4 is 28.3 Å². The minimum absolute atomic E-state index is 0.0157. The minimum atomic E-state index is -0.263. The predicted octanol–water partition coefficient (Wildman–Crippen LogP) is 4.59. The number of carbonyl (C=O) groups excluding carboxylic acids is 2. The highest BCUT2D eigenvalue weighted by atomic mass is 16.5. The Hall–Kier alpha value is -3.08. The third kappa shape index (κ3) is 3.40. The number of benzene rings is 2. The van der Waals surface area contributed by atoms with Crippen molar-refractivity contribution in [2.45, 2.75) is 20.8 Å². The number of hydrogen-bond donors (Lipinski definition) is 1. The first-order valence-electron chi connectivity index (χ1n) is 8.08. The summed E-state index contributed by atoms with van der Waals surface area (Å²) in [4.78, 5) is 24.0. The fourth-order valence-corrected chi connectivity index (χ4v) is 2.72. The van der Waals surface area contributed by atoms with Crippen molar-refractivity contribution in [3.63, 3.8) is 0 Å². The molecule has 0 aliphatic carbocycles. The zero-order valence-corrected chi connectivity index (χ0v) is 14.4. The SMILES string of the molecule is CCOc1ccc2oc(C)c(C(=O)Nc3ccc(C(C)=O)cc3)c2c1. The monoisotopic (exact) mass is 337 g/mol. The second kappa shape index (κ2) is 6.81. The second-order valence-electron chi connectivity index (χ2n) is 5.71. The van der Waals surface area contributed by atoms with Gasteiger partial charge in [-0.15, -0.1) is 0 Å². The van der Waals surface area contributed by atoms with Gasteiger partial charge in [0.05, 0.1) is 12.2 Å². The lowest BCUT2D eigenvalue weighted by Gasteiger charge is -2.06. The maximum Gasteiger partial charge on any atom is 0.259 e. The molecule has 1 amide bonds. The van der Waals surface area contributed by atoms with Crippen molar-refractivity contribution in [1.82, 2.24) is 0 Å². The Morgan fingerprint density at radius 2 is 1.84 bits per heavy atom. The molecule has 1 N–H and O–H groups in total. The van der Waals surface area contributed by atoms with Gasteiger partial charge in [0.15, 0.2) is 5.78 Å². The number of amides is 1. The van der Waals surface area contributed by atoms with Gasteiger partial charge >= 0.3 is 0 Å². The Balaban J connectivity index is 1.91. The number of Topliss-reactive ketones (excluding diaryl/α,β-unsaturated/α-hetero) is 1. The largest absolute Gasteiger partial charge is 0.494 e. The van der Waals surface area contributed by atoms with E-state index in [0.29, 0.717) is 45.9 Å². The molecule has 0 spiro atoms. The number of nitrogens with one attached hydrogen (secondary N) is 1. The number of anilines is 1. The maximum absolute atomic E-state index is 12.7. The summed E-state index contributed by atoms with van der Waals surface area (Å²) in [5.74, 6) is 0.954. The summed E-state index contributed by atoms with van der Waals surface area (Å²) in [5.41, 5.74) is 2.33. The number of rotatable bonds is 5. The van der Waals surface area contributed by atoms with Gasteiger partial charge < -0.3 is 14.5 Å². The average Bonchev–Trinajstić information content (AvgIpc) is 2.91. The van der Waals surface area contributed by atoms with Crippen LogP contribution in [0.2, 0.25) is 0 Å². The summed E-state index contributed by atoms with van der Waals surface area (Å²) in [6.45, 7) is 5.72. The fraction of sp³-hybridized carbons (Fsp3) is 0.200. The van der Waals surface area contributed by atoms with Crippen molar-refractivity contribution in [3.05, 3.63) is 59.4 Å². The van der Waals surface area contributed by atoms with Crippen LogP contribution in [0, 0.1) is 6.92 Å². The number of ketones is 1. The third-order valence-electron chi connectivity index (χ3n) is 3.92. The molecule has 0 aliphatic rings. The molecule has 2 aromatic carbocycles. The van der Waals surface area contributed by atoms with Crippen molar-refractivity contribution in [2.75, 3.05) is 11.9 Å². The first kappa shape index (κ1) is 16.8. The summed E-state index contributed by atoms with van der Waals surface area (Å²) in [7, 11) is 0. The lowest BCUT2D eigenvalue weighted by molar-refractivity contribution is 0.101. The molecule has 3 rings (SSSR count). The van der Waals surface area contributed by atoms with E-state index in [2.05, 4.69) is 5.32 Å². The van der Waals surface area contributed by atoms with E-state index in [4.69, 9.17) is 9.15 Å². The Kier molecular flexibility index (Phi) is 4.57. The van der Waals surface area contributed by atoms with Crippen molar-refractivity contribution in [1.29, 1.82) is 0 Å². The molecule has 1 heterocycles. The summed E-state index contributed by atoms with van der Waals surface area (Å²) < 4.78 is 11.2. The van der Waals surface area contributed by atoms with Crippen LogP contribution in [0.3, 0.4) is 0 Å². The molecule has 5 heteroatoms. The van der Waals surface area contributed by atoms with E-state index < -0.39 is 0 Å². The predicted molar refractivity (Wildman–Crippen MR) is 96.5 cm³/mol. The number of carbonyl (C=O) groups is 2. The minimum Gasteiger partial charge on any atom is -0.494 e. The van der Waals surface area contributed by atoms with Crippen molar-refractivity contribution < 1.29 is 18.7 Å². The standard InChI is InChI=1S/C20H19NO4/c1-4-24-16-9-10-18-17(11-16)19(13(3)25-18)20(23)21-15-7-5-14(6-8-15)12(2)22/h5-11H,4H2,1-3H3,(H,21,23). The molecule has 0 fully saturated rings. The van der Waals surface area contributed by atoms with Gasteiger partial charge in [-0.2, -0.15) is 0 Å². The van der Waals surface area contributed by atoms with Crippen LogP contribution in [0.1, 0.15) is 40.3 Å². The Labute approximate surface area is 145 Å². The van der Waals surface area contributed by atoms with Gasteiger partial charge in [0.1, 0.15) is 17.1 Å². The molecule has 128 valence electrons. The van der Waals surface area contributed by atoms with E-state index in [-0.39, 0.29) is 11.7 Å². The highest BCUT2D eigenvalue weighted by molar-refractivity contribution is 6.13. The van der Waals surface area contributed by atoms with Gasteiger partial charge in [-0.05, 0) is 63.2 Å². The molecular formula is C20H19NO4. The molecular weight excluding hydrogens is 318 g/mol. The number of furan rings is 1. The molecule has 3 aromatic rings. The summed E-state index contributed by atoms with van der Waals surface area (Å²) in [6.07, 6.45) is 0. The molecule has 1 aromatic heterocycles. The Morgan fingerprint density at radius 1 is 1.12 bits per heavy atom. The van der Waals surface area contributed by atoms with Gasteiger partial charge in [0.2, 0.25) is 0 Å². The number of aryl methyl sites for hydroxylation is 1. The highest BCUT2D eigenvalue weighted by Gasteiger charge is 2.19. The topological polar surface area (TPSA) is 68.5 Å². The molecule has 25 heavy (non-hydrogen) atoms. The molecule has 0 saturated heterocycles. The van der Waals surface area contributed by atoms with Crippen LogP contribution >= 0.6 is 0 Å². The number of ether oxygens (including phenoxy) is 1. The van der Waals surface area contributed by atoms with Crippen LogP contribution in [0.5, 0.6) is 5.75 Å². The Morgan fingerprint density at radius 3 is 2.48 bits per heavy atom. The molecule has 0 saturated carbocycles. The fourth-order valence-electron chi connectivity index (χ4n) is 2.72. The molecule has 0 bridgehead atoms. The second-order valence-corrected chi connectivity index (χ2v) is 5.71. The van der Waals surface area contributed by atoms with Gasteiger partial charge in [-0.25, -0.2) is 0 Å². The molecule has 5 nitrogen and oxygen atoms in total. The van der Waals surface area contributed by atoms with Crippen LogP contribution in [0.4, 0.5) is 5.69 Å². The lowest BCUT2D eigenvalue weighted by Crippen LogP contribution is -2.12. The van der Waals surface area contributed by atoms with E-state index in [1.54, 1.807) is 37.3 Å². The van der Waals surface area contributed by atoms with Crippen LogP contribution in [0.25, 0.3) is 11.0 Å². The smallest absolute Gasteiger partial charge is 0.259 e. The first-order valence-corrected chi connectivity index (χ1v) is 8.08. The third-order valence-corrected chi connectivity index (χ3v) is 3.92. The normalized spacial score (nSPS) is 10.7. The first-order chi connectivity index (χ1) is 12.0. The zero-order chi connectivity index (χ0) is 18.0. The zero-order valence-electron chi connectivity index (χ0n) is 14.4. The van der Waals surface area contributed by atoms with E-state index >= 15 is 0 Å². The van der Waals surface area contributed by atoms with Gasteiger partial charge in [-0.1, -0.05) is 0 Å². The van der Waals surface area contributed by atoms with Gasteiger partial charge in [-0.3, -0.25) is 9.59 Å². The van der Waals surface area contributed by atoms with Crippen molar-refractivity contribution in [3.8, 4) is 5.75 Å². The van der Waals surface area contributed by atoms with Crippen LogP contribution in [-0.2, 0) is 0 Å². The summed E-state index contributed by atoms with van der Waals surface area (Å²) in [5, 5.41) is 3.55. The highest BCUT2D eigenvalue weighted by Crippen LogP contribution is 2.29. The van der Waals surface area contributed by atoms with Crippen molar-refractivity contribution in [2.24, 2.45) is 0 Å². The van der Waals surface area contributed by atoms with E-state index in [1.807, 2.05) is 19.1 Å². The molecule has 0 atom stereocenters. The van der Waals surface area contributed by atoms with Crippen LogP contribution in [0.15, 0.2) is 46.9 Å². The van der Waals surface area contributed by atoms with E-state index in [9.17, 15) is 9.59 Å². The van der Waals surface area contributed by atoms with Gasteiger partial charge in [0.25, 0.3) is 5.91 Å². The maximum atomic E-state index is 12.7. The summed E-state index contributed by atoms with van der Waals surface area (Å²) in [6, 6.07) is 12.2. The quantitative estimate of drug-likeness (QED) is 0.691. The molecule has 0 radical (unpaired) electrons. The van der Waals surface area contributed by atoms with E-state index in [1.165, 1.54) is 6.92 Å². The molecule has 0 unspecified atom stereocenters. The lowest BCUT2D eigenvalue weighted by atomic mass is 10.1. The Bertz CT molecular complexity index is 938. The summed E-state index contributed by atoms with van der Waals surface area (Å²) >= 11 is 0. The molecule has 0 aliphatic heterocycles. The van der Waals surface area contributed by atoms with Gasteiger partial charge in [0, 0.05) is 16.6 Å². The van der Waals surface area contributed by atoms with E-state index in [0.717, 1.165) is 0 Å². The number of fused-ring (bicyclic) bond motifs is 1. The van der Waals surface area contributed by atoms with Crippen LogP contribution < -0.4 is 10.1 Å².